The van der Waals surface area contributed by atoms with Crippen molar-refractivity contribution in [3.8, 4) is 11.5 Å². The predicted molar refractivity (Wildman–Crippen MR) is 88.1 cm³/mol. The van der Waals surface area contributed by atoms with E-state index < -0.39 is 11.9 Å². The zero-order valence-electron chi connectivity index (χ0n) is 12.0. The molecular weight excluding hydrogens is 388 g/mol. The second kappa shape index (κ2) is 7.99. The Labute approximate surface area is 146 Å². The number of para-hydroxylation sites is 1. The van der Waals surface area contributed by atoms with Crippen molar-refractivity contribution in [1.82, 2.24) is 0 Å². The summed E-state index contributed by atoms with van der Waals surface area (Å²) in [4.78, 5) is 23.5. The largest absolute Gasteiger partial charge is 0.480 e. The Morgan fingerprint density at radius 2 is 1.87 bits per heavy atom. The van der Waals surface area contributed by atoms with Crippen molar-refractivity contribution in [3.63, 3.8) is 0 Å². The maximum atomic E-state index is 11.9. The molecule has 0 saturated carbocycles. The fourth-order valence-electron chi connectivity index (χ4n) is 1.72. The van der Waals surface area contributed by atoms with Crippen LogP contribution in [0.4, 0.5) is 0 Å². The van der Waals surface area contributed by atoms with Crippen LogP contribution in [-0.4, -0.2) is 25.7 Å². The van der Waals surface area contributed by atoms with Crippen molar-refractivity contribution in [2.24, 2.45) is 0 Å². The van der Waals surface area contributed by atoms with Gasteiger partial charge in [0.15, 0.2) is 6.61 Å². The number of hydrogen-bond donors (Lipinski definition) is 0. The number of halogens is 2. The first kappa shape index (κ1) is 17.3. The van der Waals surface area contributed by atoms with Crippen LogP contribution >= 0.6 is 27.5 Å². The summed E-state index contributed by atoms with van der Waals surface area (Å²) in [6.07, 6.45) is 0. The molecule has 120 valence electrons. The fourth-order valence-corrected chi connectivity index (χ4v) is 2.44. The third-order valence-electron chi connectivity index (χ3n) is 2.76. The summed E-state index contributed by atoms with van der Waals surface area (Å²) in [6, 6.07) is 11.3. The molecule has 0 aromatic heterocycles. The number of carbonyl (C=O) groups is 2. The molecule has 0 spiro atoms. The van der Waals surface area contributed by atoms with E-state index in [2.05, 4.69) is 20.7 Å². The molecule has 0 aliphatic rings. The van der Waals surface area contributed by atoms with Gasteiger partial charge in [-0.1, -0.05) is 39.7 Å². The van der Waals surface area contributed by atoms with E-state index in [0.29, 0.717) is 10.8 Å². The number of hydrogen-bond acceptors (Lipinski definition) is 5. The molecular formula is C16H12BrClO5. The molecule has 23 heavy (non-hydrogen) atoms. The Bertz CT molecular complexity index is 732. The Morgan fingerprint density at radius 1 is 1.13 bits per heavy atom. The molecule has 0 N–H and O–H groups in total. The Morgan fingerprint density at radius 3 is 2.57 bits per heavy atom. The standard InChI is InChI=1S/C16H12BrClO5/c1-21-16(20)11-4-2-3-5-13(11)23-15(19)9-22-14-7-6-10(17)8-12(14)18/h2-8H,9H2,1H3. The van der Waals surface area contributed by atoms with Gasteiger partial charge >= 0.3 is 11.9 Å². The van der Waals surface area contributed by atoms with Gasteiger partial charge in [0.2, 0.25) is 0 Å². The summed E-state index contributed by atoms with van der Waals surface area (Å²) < 4.78 is 15.9. The molecule has 0 bridgehead atoms. The lowest BCUT2D eigenvalue weighted by Crippen LogP contribution is -2.19. The molecule has 7 heteroatoms. The molecule has 0 saturated heterocycles. The SMILES string of the molecule is COC(=O)c1ccccc1OC(=O)COc1ccc(Br)cc1Cl. The van der Waals surface area contributed by atoms with Crippen molar-refractivity contribution >= 4 is 39.5 Å². The smallest absolute Gasteiger partial charge is 0.349 e. The summed E-state index contributed by atoms with van der Waals surface area (Å²) in [5.41, 5.74) is 0.157. The minimum absolute atomic E-state index is 0.106. The van der Waals surface area contributed by atoms with Gasteiger partial charge in [0, 0.05) is 4.47 Å². The van der Waals surface area contributed by atoms with E-state index in [0.717, 1.165) is 4.47 Å². The predicted octanol–water partition coefficient (Wildman–Crippen LogP) is 3.87. The molecule has 0 heterocycles. The lowest BCUT2D eigenvalue weighted by molar-refractivity contribution is -0.136. The fraction of sp³-hybridized carbons (Fsp3) is 0.125. The van der Waals surface area contributed by atoms with Gasteiger partial charge in [-0.3, -0.25) is 0 Å². The molecule has 0 aliphatic heterocycles. The van der Waals surface area contributed by atoms with Crippen LogP contribution in [0.15, 0.2) is 46.9 Å². The van der Waals surface area contributed by atoms with Crippen molar-refractivity contribution < 1.29 is 23.8 Å². The average molecular weight is 400 g/mol. The number of benzene rings is 2. The third-order valence-corrected chi connectivity index (χ3v) is 3.54. The van der Waals surface area contributed by atoms with Gasteiger partial charge in [-0.25, -0.2) is 9.59 Å². The second-order valence-corrected chi connectivity index (χ2v) is 5.65. The molecule has 0 unspecified atom stereocenters. The van der Waals surface area contributed by atoms with Crippen LogP contribution < -0.4 is 9.47 Å². The lowest BCUT2D eigenvalue weighted by Gasteiger charge is -2.10. The van der Waals surface area contributed by atoms with E-state index in [1.165, 1.54) is 19.2 Å². The van der Waals surface area contributed by atoms with E-state index in [4.69, 9.17) is 21.1 Å². The van der Waals surface area contributed by atoms with E-state index in [1.54, 1.807) is 30.3 Å². The van der Waals surface area contributed by atoms with Crippen LogP contribution in [-0.2, 0) is 9.53 Å². The lowest BCUT2D eigenvalue weighted by atomic mass is 10.2. The molecule has 2 aromatic rings. The van der Waals surface area contributed by atoms with Crippen LogP contribution in [0, 0.1) is 0 Å². The maximum absolute atomic E-state index is 11.9. The van der Waals surface area contributed by atoms with Gasteiger partial charge in [0.1, 0.15) is 17.1 Å². The van der Waals surface area contributed by atoms with E-state index >= 15 is 0 Å². The summed E-state index contributed by atoms with van der Waals surface area (Å²) in [5.74, 6) is -0.798. The molecule has 2 aromatic carbocycles. The Kier molecular flexibility index (Phi) is 6.01. The zero-order valence-corrected chi connectivity index (χ0v) is 14.4. The van der Waals surface area contributed by atoms with Gasteiger partial charge in [-0.2, -0.15) is 0 Å². The molecule has 5 nitrogen and oxygen atoms in total. The zero-order chi connectivity index (χ0) is 16.8. The van der Waals surface area contributed by atoms with Crippen molar-refractivity contribution in [2.75, 3.05) is 13.7 Å². The summed E-state index contributed by atoms with van der Waals surface area (Å²) in [6.45, 7) is -0.350. The molecule has 0 radical (unpaired) electrons. The second-order valence-electron chi connectivity index (χ2n) is 4.33. The highest BCUT2D eigenvalue weighted by atomic mass is 79.9. The summed E-state index contributed by atoms with van der Waals surface area (Å²) in [5, 5.41) is 0.363. The van der Waals surface area contributed by atoms with Gasteiger partial charge in [-0.15, -0.1) is 0 Å². The average Bonchev–Trinajstić information content (AvgIpc) is 2.54. The topological polar surface area (TPSA) is 61.8 Å². The number of methoxy groups -OCH3 is 1. The normalized spacial score (nSPS) is 10.0. The number of carbonyl (C=O) groups excluding carboxylic acids is 2. The minimum atomic E-state index is -0.666. The summed E-state index contributed by atoms with van der Waals surface area (Å²) in [7, 11) is 1.25. The Balaban J connectivity index is 2.01. The highest BCUT2D eigenvalue weighted by molar-refractivity contribution is 9.10. The molecule has 0 atom stereocenters. The molecule has 0 aliphatic carbocycles. The first-order valence-electron chi connectivity index (χ1n) is 6.47. The molecule has 0 amide bonds. The number of ether oxygens (including phenoxy) is 3. The molecule has 2 rings (SSSR count). The van der Waals surface area contributed by atoms with Crippen molar-refractivity contribution in [3.05, 3.63) is 57.5 Å². The number of esters is 2. The van der Waals surface area contributed by atoms with Crippen LogP contribution in [0.1, 0.15) is 10.4 Å². The monoisotopic (exact) mass is 398 g/mol. The van der Waals surface area contributed by atoms with Gasteiger partial charge in [0.25, 0.3) is 0 Å². The van der Waals surface area contributed by atoms with Gasteiger partial charge < -0.3 is 14.2 Å². The van der Waals surface area contributed by atoms with Gasteiger partial charge in [0.05, 0.1) is 12.1 Å². The third kappa shape index (κ3) is 4.71. The van der Waals surface area contributed by atoms with Crippen LogP contribution in [0.3, 0.4) is 0 Å². The van der Waals surface area contributed by atoms with E-state index in [9.17, 15) is 9.59 Å². The highest BCUT2D eigenvalue weighted by Gasteiger charge is 2.16. The van der Waals surface area contributed by atoms with Crippen molar-refractivity contribution in [2.45, 2.75) is 0 Å². The van der Waals surface area contributed by atoms with Gasteiger partial charge in [-0.05, 0) is 30.3 Å². The van der Waals surface area contributed by atoms with E-state index in [-0.39, 0.29) is 17.9 Å². The minimum Gasteiger partial charge on any atom is -0.480 e. The summed E-state index contributed by atoms with van der Waals surface area (Å²) >= 11 is 9.26. The van der Waals surface area contributed by atoms with E-state index in [1.807, 2.05) is 0 Å². The van der Waals surface area contributed by atoms with Crippen LogP contribution in [0.5, 0.6) is 11.5 Å². The Hall–Kier alpha value is -2.05. The highest BCUT2D eigenvalue weighted by Crippen LogP contribution is 2.27. The van der Waals surface area contributed by atoms with Crippen LogP contribution in [0.25, 0.3) is 0 Å². The van der Waals surface area contributed by atoms with Crippen LogP contribution in [0.2, 0.25) is 5.02 Å². The number of rotatable bonds is 5. The first-order valence-corrected chi connectivity index (χ1v) is 7.64. The molecule has 0 fully saturated rings. The maximum Gasteiger partial charge on any atom is 0.349 e. The van der Waals surface area contributed by atoms with Crippen molar-refractivity contribution in [1.29, 1.82) is 0 Å². The quantitative estimate of drug-likeness (QED) is 0.564. The first-order chi connectivity index (χ1) is 11.0.